The van der Waals surface area contributed by atoms with Gasteiger partial charge in [-0.25, -0.2) is 4.79 Å². The Kier molecular flexibility index (Phi) is 5.36. The highest BCUT2D eigenvalue weighted by molar-refractivity contribution is 7.14. The average Bonchev–Trinajstić information content (AvgIpc) is 3.07. The van der Waals surface area contributed by atoms with Crippen molar-refractivity contribution in [2.24, 2.45) is 0 Å². The Hall–Kier alpha value is -1.87. The van der Waals surface area contributed by atoms with Gasteiger partial charge in [0.25, 0.3) is 0 Å². The molecule has 0 N–H and O–H groups in total. The van der Waals surface area contributed by atoms with Crippen LogP contribution >= 0.6 is 11.3 Å². The van der Waals surface area contributed by atoms with E-state index in [1.807, 2.05) is 19.1 Å². The molecule has 0 spiro atoms. The molecule has 0 bridgehead atoms. The van der Waals surface area contributed by atoms with Gasteiger partial charge in [0.2, 0.25) is 0 Å². The number of allylic oxidation sites excluding steroid dienone is 1. The topological polar surface area (TPSA) is 26.3 Å². The van der Waals surface area contributed by atoms with Crippen molar-refractivity contribution in [1.82, 2.24) is 0 Å². The van der Waals surface area contributed by atoms with Crippen LogP contribution in [0.25, 0.3) is 11.6 Å². The lowest BCUT2D eigenvalue weighted by molar-refractivity contribution is 0.0532. The first-order valence-electron chi connectivity index (χ1n) is 9.75. The predicted molar refractivity (Wildman–Crippen MR) is 116 cm³/mol. The number of hydrogen-bond donors (Lipinski definition) is 0. The first-order chi connectivity index (χ1) is 12.6. The fraction of sp³-hybridized carbons (Fsp3) is 0.458. The predicted octanol–water partition coefficient (Wildman–Crippen LogP) is 6.83. The minimum absolute atomic E-state index is 0.209. The smallest absolute Gasteiger partial charge is 0.348 e. The van der Waals surface area contributed by atoms with E-state index < -0.39 is 0 Å². The monoisotopic (exact) mass is 382 g/mol. The molecule has 0 saturated heterocycles. The number of fused-ring (bicyclic) bond motifs is 1. The van der Waals surface area contributed by atoms with Crippen molar-refractivity contribution < 1.29 is 9.53 Å². The summed E-state index contributed by atoms with van der Waals surface area (Å²) in [5, 5.41) is 0. The Morgan fingerprint density at radius 1 is 1.07 bits per heavy atom. The third kappa shape index (κ3) is 4.03. The minimum Gasteiger partial charge on any atom is -0.462 e. The Balaban J connectivity index is 1.93. The summed E-state index contributed by atoms with van der Waals surface area (Å²) in [4.78, 5) is 13.6. The molecule has 144 valence electrons. The zero-order valence-electron chi connectivity index (χ0n) is 17.3. The Labute approximate surface area is 167 Å². The van der Waals surface area contributed by atoms with Crippen LogP contribution in [0.4, 0.5) is 0 Å². The molecule has 2 nitrogen and oxygen atoms in total. The summed E-state index contributed by atoms with van der Waals surface area (Å²) in [6.07, 6.45) is 4.61. The summed E-state index contributed by atoms with van der Waals surface area (Å²) in [5.74, 6) is -0.238. The van der Waals surface area contributed by atoms with E-state index in [0.29, 0.717) is 11.5 Å². The van der Waals surface area contributed by atoms with E-state index in [-0.39, 0.29) is 16.8 Å². The van der Waals surface area contributed by atoms with E-state index in [0.717, 1.165) is 4.88 Å². The van der Waals surface area contributed by atoms with Crippen molar-refractivity contribution in [2.75, 3.05) is 6.61 Å². The lowest BCUT2D eigenvalue weighted by Gasteiger charge is -2.42. The molecule has 1 heterocycles. The van der Waals surface area contributed by atoms with Gasteiger partial charge in [0.05, 0.1) is 6.61 Å². The summed E-state index contributed by atoms with van der Waals surface area (Å²) < 4.78 is 5.09. The van der Waals surface area contributed by atoms with Crippen LogP contribution in [0.3, 0.4) is 0 Å². The van der Waals surface area contributed by atoms with Crippen LogP contribution in [0, 0.1) is 0 Å². The largest absolute Gasteiger partial charge is 0.462 e. The van der Waals surface area contributed by atoms with Gasteiger partial charge in [-0.2, -0.15) is 0 Å². The maximum absolute atomic E-state index is 11.9. The van der Waals surface area contributed by atoms with Gasteiger partial charge in [0.1, 0.15) is 4.88 Å². The van der Waals surface area contributed by atoms with Crippen LogP contribution in [-0.4, -0.2) is 12.6 Å². The van der Waals surface area contributed by atoms with Crippen molar-refractivity contribution in [1.29, 1.82) is 0 Å². The number of ether oxygens (including phenoxy) is 1. The van der Waals surface area contributed by atoms with Crippen molar-refractivity contribution in [2.45, 2.75) is 65.2 Å². The summed E-state index contributed by atoms with van der Waals surface area (Å²) in [5.41, 5.74) is 5.88. The number of thiophene rings is 1. The molecule has 0 saturated carbocycles. The molecule has 27 heavy (non-hydrogen) atoms. The van der Waals surface area contributed by atoms with Crippen LogP contribution < -0.4 is 0 Å². The van der Waals surface area contributed by atoms with E-state index in [9.17, 15) is 4.79 Å². The first kappa shape index (κ1) is 19.9. The molecule has 0 atom stereocenters. The highest BCUT2D eigenvalue weighted by Gasteiger charge is 2.36. The van der Waals surface area contributed by atoms with Gasteiger partial charge in [0, 0.05) is 4.88 Å². The molecular formula is C24H30O2S. The fourth-order valence-electron chi connectivity index (χ4n) is 3.87. The molecule has 3 heteroatoms. The molecular weight excluding hydrogens is 352 g/mol. The van der Waals surface area contributed by atoms with Crippen molar-refractivity contribution in [3.8, 4) is 0 Å². The number of carbonyl (C=O) groups excluding carboxylic acids is 1. The van der Waals surface area contributed by atoms with E-state index >= 15 is 0 Å². The van der Waals surface area contributed by atoms with Gasteiger partial charge in [-0.3, -0.25) is 0 Å². The normalized spacial score (nSPS) is 18.1. The molecule has 1 aromatic heterocycles. The molecule has 0 radical (unpaired) electrons. The van der Waals surface area contributed by atoms with Gasteiger partial charge in [-0.1, -0.05) is 45.9 Å². The Bertz CT molecular complexity index is 884. The molecule has 3 rings (SSSR count). The third-order valence-corrected chi connectivity index (χ3v) is 6.78. The highest BCUT2D eigenvalue weighted by atomic mass is 32.1. The van der Waals surface area contributed by atoms with Crippen LogP contribution in [0.15, 0.2) is 30.3 Å². The number of hydrogen-bond acceptors (Lipinski definition) is 3. The highest BCUT2D eigenvalue weighted by Crippen LogP contribution is 2.46. The second kappa shape index (κ2) is 7.27. The minimum atomic E-state index is -0.238. The summed E-state index contributed by atoms with van der Waals surface area (Å²) in [6, 6.07) is 10.8. The second-order valence-corrected chi connectivity index (χ2v) is 9.89. The Morgan fingerprint density at radius 2 is 1.74 bits per heavy atom. The zero-order chi connectivity index (χ0) is 19.8. The number of rotatable bonds is 4. The van der Waals surface area contributed by atoms with Crippen molar-refractivity contribution >= 4 is 29.0 Å². The van der Waals surface area contributed by atoms with E-state index in [2.05, 4.69) is 58.9 Å². The van der Waals surface area contributed by atoms with E-state index in [4.69, 9.17) is 4.74 Å². The second-order valence-electron chi connectivity index (χ2n) is 8.78. The van der Waals surface area contributed by atoms with Crippen molar-refractivity contribution in [3.63, 3.8) is 0 Å². The maximum Gasteiger partial charge on any atom is 0.348 e. The lowest BCUT2D eigenvalue weighted by Crippen LogP contribution is -2.33. The van der Waals surface area contributed by atoms with Gasteiger partial charge in [-0.15, -0.1) is 11.3 Å². The molecule has 0 aliphatic heterocycles. The lowest BCUT2D eigenvalue weighted by atomic mass is 9.63. The SMILES string of the molecule is CCOC(=O)c1ccc(/C=C(\C)c2ccc3c(c2)C(C)(C)CCC3(C)C)s1. The third-order valence-electron chi connectivity index (χ3n) is 5.77. The quantitative estimate of drug-likeness (QED) is 0.541. The van der Waals surface area contributed by atoms with Crippen LogP contribution in [-0.2, 0) is 15.6 Å². The van der Waals surface area contributed by atoms with E-state index in [1.54, 1.807) is 0 Å². The molecule has 1 aliphatic carbocycles. The van der Waals surface area contributed by atoms with E-state index in [1.165, 1.54) is 46.4 Å². The Morgan fingerprint density at radius 3 is 2.41 bits per heavy atom. The fourth-order valence-corrected chi connectivity index (χ4v) is 4.78. The van der Waals surface area contributed by atoms with Crippen LogP contribution in [0.5, 0.6) is 0 Å². The number of esters is 1. The molecule has 0 unspecified atom stereocenters. The zero-order valence-corrected chi connectivity index (χ0v) is 18.1. The maximum atomic E-state index is 11.9. The van der Waals surface area contributed by atoms with Crippen molar-refractivity contribution in [3.05, 3.63) is 56.8 Å². The number of carbonyl (C=O) groups is 1. The van der Waals surface area contributed by atoms with Crippen LogP contribution in [0.2, 0.25) is 0 Å². The van der Waals surface area contributed by atoms with Gasteiger partial charge in [0.15, 0.2) is 0 Å². The summed E-state index contributed by atoms with van der Waals surface area (Å²) in [6.45, 7) is 13.8. The summed E-state index contributed by atoms with van der Waals surface area (Å²) >= 11 is 1.48. The van der Waals surface area contributed by atoms with Gasteiger partial charge >= 0.3 is 5.97 Å². The standard InChI is InChI=1S/C24H30O2S/c1-7-26-22(25)21-11-9-18(27-21)14-16(2)17-8-10-19-20(15-17)24(5,6)13-12-23(19,3)4/h8-11,14-15H,7,12-13H2,1-6H3/b16-14+. The van der Waals surface area contributed by atoms with Gasteiger partial charge < -0.3 is 4.74 Å². The average molecular weight is 383 g/mol. The number of benzene rings is 1. The molecule has 1 aliphatic rings. The van der Waals surface area contributed by atoms with Gasteiger partial charge in [-0.05, 0) is 78.0 Å². The molecule has 1 aromatic carbocycles. The molecule has 2 aromatic rings. The molecule has 0 amide bonds. The van der Waals surface area contributed by atoms with Crippen LogP contribution in [0.1, 0.15) is 85.6 Å². The summed E-state index contributed by atoms with van der Waals surface area (Å²) in [7, 11) is 0. The molecule has 0 fully saturated rings. The first-order valence-corrected chi connectivity index (χ1v) is 10.6.